The smallest absolute Gasteiger partial charge is 0.326 e. The van der Waals surface area contributed by atoms with E-state index in [-0.39, 0.29) is 5.56 Å². The zero-order valence-electron chi connectivity index (χ0n) is 12.5. The van der Waals surface area contributed by atoms with Crippen molar-refractivity contribution in [1.82, 2.24) is 4.57 Å². The maximum absolute atomic E-state index is 12.2. The van der Waals surface area contributed by atoms with Crippen LogP contribution in [0.2, 0.25) is 0 Å². The number of benzene rings is 1. The number of carboxylic acids is 1. The van der Waals surface area contributed by atoms with E-state index < -0.39 is 12.0 Å². The van der Waals surface area contributed by atoms with Gasteiger partial charge in [0.25, 0.3) is 5.56 Å². The van der Waals surface area contributed by atoms with Gasteiger partial charge in [-0.05, 0) is 59.8 Å². The van der Waals surface area contributed by atoms with Crippen LogP contribution in [0, 0.1) is 13.8 Å². The number of carbonyl (C=O) groups is 1. The number of aryl methyl sites for hydroxylation is 3. The highest BCUT2D eigenvalue weighted by Crippen LogP contribution is 2.17. The first-order chi connectivity index (χ1) is 10.4. The molecule has 1 aromatic heterocycles. The number of nitrogens with zero attached hydrogens (tertiary/aromatic N) is 1. The summed E-state index contributed by atoms with van der Waals surface area (Å²) in [4.78, 5) is 23.8. The molecule has 0 saturated carbocycles. The highest BCUT2D eigenvalue weighted by atomic mass is 79.9. The molecule has 0 fully saturated rings. The number of aromatic nitrogens is 1. The van der Waals surface area contributed by atoms with Crippen LogP contribution in [0.1, 0.15) is 29.2 Å². The molecule has 5 heteroatoms. The quantitative estimate of drug-likeness (QED) is 0.884. The number of carboxylic acid groups (broad SMARTS) is 1. The molecule has 0 spiro atoms. The second kappa shape index (κ2) is 6.92. The van der Waals surface area contributed by atoms with Crippen LogP contribution >= 0.6 is 15.9 Å². The van der Waals surface area contributed by atoms with Gasteiger partial charge < -0.3 is 5.11 Å². The first-order valence-corrected chi connectivity index (χ1v) is 7.84. The summed E-state index contributed by atoms with van der Waals surface area (Å²) in [6.45, 7) is 3.84. The third kappa shape index (κ3) is 3.85. The zero-order chi connectivity index (χ0) is 16.3. The normalized spacial score (nSPS) is 12.1. The van der Waals surface area contributed by atoms with Crippen LogP contribution < -0.4 is 5.56 Å². The van der Waals surface area contributed by atoms with Crippen LogP contribution in [-0.4, -0.2) is 15.6 Å². The van der Waals surface area contributed by atoms with Crippen molar-refractivity contribution >= 4 is 21.9 Å². The van der Waals surface area contributed by atoms with E-state index in [1.807, 2.05) is 38.1 Å². The summed E-state index contributed by atoms with van der Waals surface area (Å²) in [5.74, 6) is -0.994. The lowest BCUT2D eigenvalue weighted by Crippen LogP contribution is -2.30. The van der Waals surface area contributed by atoms with Crippen LogP contribution in [0.15, 0.2) is 45.8 Å². The average Bonchev–Trinajstić information content (AvgIpc) is 2.45. The first kappa shape index (κ1) is 16.5. The van der Waals surface area contributed by atoms with Gasteiger partial charge in [0.15, 0.2) is 0 Å². The lowest BCUT2D eigenvalue weighted by Gasteiger charge is -2.17. The summed E-state index contributed by atoms with van der Waals surface area (Å²) in [6.07, 6.45) is 2.57. The van der Waals surface area contributed by atoms with Gasteiger partial charge >= 0.3 is 5.97 Å². The summed E-state index contributed by atoms with van der Waals surface area (Å²) < 4.78 is 1.68. The molecule has 116 valence electrons. The molecule has 1 aromatic carbocycles. The molecule has 4 nitrogen and oxygen atoms in total. The Hall–Kier alpha value is -1.88. The van der Waals surface area contributed by atoms with Gasteiger partial charge in [0.2, 0.25) is 0 Å². The lowest BCUT2D eigenvalue weighted by molar-refractivity contribution is -0.141. The van der Waals surface area contributed by atoms with Gasteiger partial charge in [-0.3, -0.25) is 9.36 Å². The van der Waals surface area contributed by atoms with Crippen molar-refractivity contribution in [2.75, 3.05) is 0 Å². The van der Waals surface area contributed by atoms with Crippen molar-refractivity contribution in [3.8, 4) is 0 Å². The van der Waals surface area contributed by atoms with Crippen molar-refractivity contribution in [2.45, 2.75) is 32.7 Å². The minimum Gasteiger partial charge on any atom is -0.480 e. The van der Waals surface area contributed by atoms with Gasteiger partial charge in [0.1, 0.15) is 6.04 Å². The highest BCUT2D eigenvalue weighted by Gasteiger charge is 2.21. The van der Waals surface area contributed by atoms with Gasteiger partial charge in [-0.2, -0.15) is 0 Å². The predicted molar refractivity (Wildman–Crippen MR) is 89.3 cm³/mol. The molecule has 0 aliphatic heterocycles. The van der Waals surface area contributed by atoms with E-state index in [4.69, 9.17) is 0 Å². The molecule has 0 aliphatic rings. The molecule has 1 heterocycles. The Bertz CT molecular complexity index is 735. The fourth-order valence-electron chi connectivity index (χ4n) is 2.37. The van der Waals surface area contributed by atoms with Gasteiger partial charge in [-0.25, -0.2) is 4.79 Å². The minimum atomic E-state index is -0.994. The third-order valence-electron chi connectivity index (χ3n) is 3.58. The van der Waals surface area contributed by atoms with E-state index >= 15 is 0 Å². The molecule has 0 aliphatic carbocycles. The van der Waals surface area contributed by atoms with Crippen LogP contribution in [0.5, 0.6) is 0 Å². The molecule has 1 atom stereocenters. The second-order valence-corrected chi connectivity index (χ2v) is 6.31. The van der Waals surface area contributed by atoms with Crippen molar-refractivity contribution in [3.63, 3.8) is 0 Å². The maximum Gasteiger partial charge on any atom is 0.326 e. The molecule has 2 aromatic rings. The van der Waals surface area contributed by atoms with E-state index in [2.05, 4.69) is 15.9 Å². The Balaban J connectivity index is 2.26. The number of rotatable bonds is 5. The highest BCUT2D eigenvalue weighted by molar-refractivity contribution is 9.10. The molecule has 1 unspecified atom stereocenters. The van der Waals surface area contributed by atoms with E-state index in [0.29, 0.717) is 17.3 Å². The minimum absolute atomic E-state index is 0.318. The average molecular weight is 364 g/mol. The van der Waals surface area contributed by atoms with E-state index in [0.717, 1.165) is 16.7 Å². The molecule has 0 amide bonds. The Morgan fingerprint density at radius 1 is 1.23 bits per heavy atom. The topological polar surface area (TPSA) is 59.3 Å². The Kier molecular flexibility index (Phi) is 5.19. The summed E-state index contributed by atoms with van der Waals surface area (Å²) in [5, 5.41) is 9.48. The molecule has 0 radical (unpaired) electrons. The van der Waals surface area contributed by atoms with Crippen LogP contribution in [0.3, 0.4) is 0 Å². The van der Waals surface area contributed by atoms with Crippen molar-refractivity contribution in [1.29, 1.82) is 0 Å². The van der Waals surface area contributed by atoms with Crippen LogP contribution in [0.4, 0.5) is 0 Å². The molecule has 2 rings (SSSR count). The lowest BCUT2D eigenvalue weighted by atomic mass is 10.0. The Morgan fingerprint density at radius 2 is 1.86 bits per heavy atom. The number of hydrogen-bond donors (Lipinski definition) is 1. The third-order valence-corrected chi connectivity index (χ3v) is 4.15. The van der Waals surface area contributed by atoms with Gasteiger partial charge in [-0.15, -0.1) is 0 Å². The number of hydrogen-bond acceptors (Lipinski definition) is 2. The van der Waals surface area contributed by atoms with Crippen LogP contribution in [0.25, 0.3) is 0 Å². The molecule has 1 N–H and O–H groups in total. The summed E-state index contributed by atoms with van der Waals surface area (Å²) in [6, 6.07) is 8.80. The maximum atomic E-state index is 12.2. The van der Waals surface area contributed by atoms with Gasteiger partial charge in [0.05, 0.1) is 4.47 Å². The monoisotopic (exact) mass is 363 g/mol. The van der Waals surface area contributed by atoms with E-state index in [1.54, 1.807) is 12.3 Å². The standard InChI is InChI=1S/C17H18BrNO3/c1-11-3-5-13(6-4-11)7-8-15(17(21)22)19-10-12(2)9-14(18)16(19)20/h3-6,9-10,15H,7-8H2,1-2H3,(H,21,22). The Morgan fingerprint density at radius 3 is 2.45 bits per heavy atom. The fraction of sp³-hybridized carbons (Fsp3) is 0.294. The second-order valence-electron chi connectivity index (χ2n) is 5.46. The predicted octanol–water partition coefficient (Wildman–Crippen LogP) is 3.49. The fourth-order valence-corrected chi connectivity index (χ4v) is 2.94. The molecule has 0 bridgehead atoms. The van der Waals surface area contributed by atoms with Gasteiger partial charge in [0, 0.05) is 6.20 Å². The molecular formula is C17H18BrNO3. The zero-order valence-corrected chi connectivity index (χ0v) is 14.1. The summed E-state index contributed by atoms with van der Waals surface area (Å²) >= 11 is 3.19. The van der Waals surface area contributed by atoms with Crippen molar-refractivity contribution < 1.29 is 9.90 Å². The first-order valence-electron chi connectivity index (χ1n) is 7.05. The largest absolute Gasteiger partial charge is 0.480 e. The van der Waals surface area contributed by atoms with E-state index in [9.17, 15) is 14.7 Å². The summed E-state index contributed by atoms with van der Waals surface area (Å²) in [7, 11) is 0. The van der Waals surface area contributed by atoms with Crippen molar-refractivity contribution in [2.24, 2.45) is 0 Å². The van der Waals surface area contributed by atoms with Crippen LogP contribution in [-0.2, 0) is 11.2 Å². The number of pyridine rings is 1. The molecule has 22 heavy (non-hydrogen) atoms. The number of aliphatic carboxylic acids is 1. The van der Waals surface area contributed by atoms with Gasteiger partial charge in [-0.1, -0.05) is 29.8 Å². The Labute approximate surface area is 137 Å². The molecule has 0 saturated heterocycles. The number of halogens is 1. The summed E-state index contributed by atoms with van der Waals surface area (Å²) in [5.41, 5.74) is 2.75. The van der Waals surface area contributed by atoms with Crippen molar-refractivity contribution in [3.05, 3.63) is 68.0 Å². The van der Waals surface area contributed by atoms with E-state index in [1.165, 1.54) is 4.57 Å². The SMILES string of the molecule is Cc1ccc(CCC(C(=O)O)n2cc(C)cc(Br)c2=O)cc1. The molecular weight excluding hydrogens is 346 g/mol.